The highest BCUT2D eigenvalue weighted by molar-refractivity contribution is 5.75. The SMILES string of the molecule is COc1cc(C(N)C(=O)O)ccc1OCC1CC1. The number of methoxy groups -OCH3 is 1. The van der Waals surface area contributed by atoms with Gasteiger partial charge < -0.3 is 20.3 Å². The van der Waals surface area contributed by atoms with Gasteiger partial charge in [0.15, 0.2) is 11.5 Å². The third-order valence-corrected chi connectivity index (χ3v) is 2.98. The van der Waals surface area contributed by atoms with E-state index in [2.05, 4.69) is 0 Å². The maximum atomic E-state index is 10.8. The quantitative estimate of drug-likeness (QED) is 0.802. The Labute approximate surface area is 106 Å². The van der Waals surface area contributed by atoms with E-state index in [-0.39, 0.29) is 0 Å². The van der Waals surface area contributed by atoms with E-state index in [1.165, 1.54) is 20.0 Å². The molecule has 0 radical (unpaired) electrons. The van der Waals surface area contributed by atoms with Crippen molar-refractivity contribution >= 4 is 5.97 Å². The van der Waals surface area contributed by atoms with Crippen molar-refractivity contribution in [1.82, 2.24) is 0 Å². The average Bonchev–Trinajstić information content (AvgIpc) is 3.19. The van der Waals surface area contributed by atoms with Crippen molar-refractivity contribution in [1.29, 1.82) is 0 Å². The first kappa shape index (κ1) is 12.7. The van der Waals surface area contributed by atoms with Crippen LogP contribution in [0.1, 0.15) is 24.4 Å². The summed E-state index contributed by atoms with van der Waals surface area (Å²) in [6.45, 7) is 0.681. The first-order valence-corrected chi connectivity index (χ1v) is 5.91. The van der Waals surface area contributed by atoms with Crippen LogP contribution in [-0.4, -0.2) is 24.8 Å². The van der Waals surface area contributed by atoms with Gasteiger partial charge in [-0.05, 0) is 36.5 Å². The lowest BCUT2D eigenvalue weighted by molar-refractivity contribution is -0.138. The molecular formula is C13H17NO4. The minimum Gasteiger partial charge on any atom is -0.493 e. The number of hydrogen-bond acceptors (Lipinski definition) is 4. The molecule has 1 unspecified atom stereocenters. The summed E-state index contributed by atoms with van der Waals surface area (Å²) < 4.78 is 10.8. The summed E-state index contributed by atoms with van der Waals surface area (Å²) in [6.07, 6.45) is 2.43. The minimum absolute atomic E-state index is 0.498. The van der Waals surface area contributed by atoms with Gasteiger partial charge in [0.05, 0.1) is 13.7 Å². The van der Waals surface area contributed by atoms with Gasteiger partial charge in [-0.3, -0.25) is 4.79 Å². The van der Waals surface area contributed by atoms with Crippen molar-refractivity contribution in [2.24, 2.45) is 11.7 Å². The van der Waals surface area contributed by atoms with Crippen molar-refractivity contribution in [3.63, 3.8) is 0 Å². The summed E-state index contributed by atoms with van der Waals surface area (Å²) in [4.78, 5) is 10.8. The van der Waals surface area contributed by atoms with Crippen LogP contribution < -0.4 is 15.2 Å². The molecule has 0 aliphatic heterocycles. The van der Waals surface area contributed by atoms with Crippen LogP contribution in [0.15, 0.2) is 18.2 Å². The third kappa shape index (κ3) is 2.92. The van der Waals surface area contributed by atoms with Gasteiger partial charge in [0.2, 0.25) is 0 Å². The summed E-state index contributed by atoms with van der Waals surface area (Å²) in [6, 6.07) is 3.93. The number of benzene rings is 1. The molecule has 5 nitrogen and oxygen atoms in total. The van der Waals surface area contributed by atoms with E-state index >= 15 is 0 Å². The van der Waals surface area contributed by atoms with Crippen LogP contribution in [0.25, 0.3) is 0 Å². The molecule has 2 rings (SSSR count). The molecule has 0 spiro atoms. The average molecular weight is 251 g/mol. The normalized spacial score (nSPS) is 16.1. The Hall–Kier alpha value is -1.75. The zero-order valence-electron chi connectivity index (χ0n) is 10.3. The Balaban J connectivity index is 2.13. The molecule has 0 bridgehead atoms. The first-order chi connectivity index (χ1) is 8.61. The van der Waals surface area contributed by atoms with Gasteiger partial charge in [0.1, 0.15) is 6.04 Å². The standard InChI is InChI=1S/C13H17NO4/c1-17-11-6-9(12(14)13(15)16)4-5-10(11)18-7-8-2-3-8/h4-6,8,12H,2-3,7,14H2,1H3,(H,15,16). The molecule has 0 saturated heterocycles. The fourth-order valence-electron chi connectivity index (χ4n) is 1.63. The molecule has 1 atom stereocenters. The van der Waals surface area contributed by atoms with Crippen LogP contribution in [0, 0.1) is 5.92 Å². The predicted molar refractivity (Wildman–Crippen MR) is 65.8 cm³/mol. The van der Waals surface area contributed by atoms with E-state index < -0.39 is 12.0 Å². The molecule has 0 amide bonds. The number of aliphatic carboxylic acids is 1. The molecule has 1 aliphatic rings. The van der Waals surface area contributed by atoms with E-state index in [0.717, 1.165) is 0 Å². The maximum Gasteiger partial charge on any atom is 0.325 e. The zero-order chi connectivity index (χ0) is 13.1. The van der Waals surface area contributed by atoms with Crippen LogP contribution in [0.2, 0.25) is 0 Å². The molecule has 0 aromatic heterocycles. The van der Waals surface area contributed by atoms with Crippen LogP contribution in [0.3, 0.4) is 0 Å². The van der Waals surface area contributed by atoms with Crippen molar-refractivity contribution in [3.8, 4) is 11.5 Å². The molecule has 0 heterocycles. The lowest BCUT2D eigenvalue weighted by atomic mass is 10.1. The molecule has 98 valence electrons. The topological polar surface area (TPSA) is 81.8 Å². The smallest absolute Gasteiger partial charge is 0.325 e. The Morgan fingerprint density at radius 2 is 2.22 bits per heavy atom. The summed E-state index contributed by atoms with van der Waals surface area (Å²) in [7, 11) is 1.52. The number of rotatable bonds is 6. The molecule has 3 N–H and O–H groups in total. The fraction of sp³-hybridized carbons (Fsp3) is 0.462. The lowest BCUT2D eigenvalue weighted by Crippen LogP contribution is -2.20. The van der Waals surface area contributed by atoms with Crippen LogP contribution in [-0.2, 0) is 4.79 Å². The van der Waals surface area contributed by atoms with Crippen molar-refractivity contribution in [2.45, 2.75) is 18.9 Å². The summed E-state index contributed by atoms with van der Waals surface area (Å²) >= 11 is 0. The van der Waals surface area contributed by atoms with Gasteiger partial charge in [-0.2, -0.15) is 0 Å². The maximum absolute atomic E-state index is 10.8. The Morgan fingerprint density at radius 3 is 2.78 bits per heavy atom. The molecule has 1 aromatic carbocycles. The van der Waals surface area contributed by atoms with Gasteiger partial charge >= 0.3 is 5.97 Å². The van der Waals surface area contributed by atoms with Gasteiger partial charge in [-0.1, -0.05) is 6.07 Å². The molecule has 5 heteroatoms. The summed E-state index contributed by atoms with van der Waals surface area (Å²) in [5.74, 6) is 0.731. The van der Waals surface area contributed by atoms with Crippen molar-refractivity contribution in [2.75, 3.05) is 13.7 Å². The number of carboxylic acid groups (broad SMARTS) is 1. The fourth-order valence-corrected chi connectivity index (χ4v) is 1.63. The van der Waals surface area contributed by atoms with E-state index in [9.17, 15) is 4.79 Å². The molecule has 1 saturated carbocycles. The first-order valence-electron chi connectivity index (χ1n) is 5.91. The van der Waals surface area contributed by atoms with E-state index in [1.807, 2.05) is 0 Å². The highest BCUT2D eigenvalue weighted by atomic mass is 16.5. The predicted octanol–water partition coefficient (Wildman–Crippen LogP) is 1.57. The molecule has 1 aromatic rings. The second-order valence-electron chi connectivity index (χ2n) is 4.48. The highest BCUT2D eigenvalue weighted by Crippen LogP contribution is 2.34. The van der Waals surface area contributed by atoms with E-state index in [1.54, 1.807) is 18.2 Å². The van der Waals surface area contributed by atoms with Gasteiger partial charge in [0, 0.05) is 0 Å². The third-order valence-electron chi connectivity index (χ3n) is 2.98. The van der Waals surface area contributed by atoms with Crippen molar-refractivity contribution in [3.05, 3.63) is 23.8 Å². The Kier molecular flexibility index (Phi) is 3.72. The minimum atomic E-state index is -1.07. The number of hydrogen-bond donors (Lipinski definition) is 2. The number of carboxylic acids is 1. The number of ether oxygens (including phenoxy) is 2. The Morgan fingerprint density at radius 1 is 1.50 bits per heavy atom. The van der Waals surface area contributed by atoms with Crippen LogP contribution in [0.5, 0.6) is 11.5 Å². The highest BCUT2D eigenvalue weighted by Gasteiger charge is 2.23. The Bertz CT molecular complexity index is 443. The van der Waals surface area contributed by atoms with Gasteiger partial charge in [0.25, 0.3) is 0 Å². The number of carbonyl (C=O) groups is 1. The lowest BCUT2D eigenvalue weighted by Gasteiger charge is -2.13. The van der Waals surface area contributed by atoms with Gasteiger partial charge in [-0.25, -0.2) is 0 Å². The van der Waals surface area contributed by atoms with E-state index in [4.69, 9.17) is 20.3 Å². The van der Waals surface area contributed by atoms with Gasteiger partial charge in [-0.15, -0.1) is 0 Å². The molecule has 1 aliphatic carbocycles. The van der Waals surface area contributed by atoms with Crippen LogP contribution >= 0.6 is 0 Å². The second kappa shape index (κ2) is 5.27. The number of nitrogens with two attached hydrogens (primary N) is 1. The molecule has 1 fully saturated rings. The largest absolute Gasteiger partial charge is 0.493 e. The molecule has 18 heavy (non-hydrogen) atoms. The molecular weight excluding hydrogens is 234 g/mol. The summed E-state index contributed by atoms with van der Waals surface area (Å²) in [5, 5.41) is 8.86. The monoisotopic (exact) mass is 251 g/mol. The van der Waals surface area contributed by atoms with E-state index in [0.29, 0.717) is 29.6 Å². The zero-order valence-corrected chi connectivity index (χ0v) is 10.3. The second-order valence-corrected chi connectivity index (χ2v) is 4.48. The summed E-state index contributed by atoms with van der Waals surface area (Å²) in [5.41, 5.74) is 6.05. The van der Waals surface area contributed by atoms with Crippen LogP contribution in [0.4, 0.5) is 0 Å². The van der Waals surface area contributed by atoms with Crippen molar-refractivity contribution < 1.29 is 19.4 Å².